The van der Waals surface area contributed by atoms with Gasteiger partial charge in [-0.25, -0.2) is 22.0 Å². The summed E-state index contributed by atoms with van der Waals surface area (Å²) in [4.78, 5) is 0. The predicted octanol–water partition coefficient (Wildman–Crippen LogP) is 9.67. The van der Waals surface area contributed by atoms with E-state index in [1.165, 1.54) is 5.92 Å². The average molecular weight is 633 g/mol. The van der Waals surface area contributed by atoms with Crippen molar-refractivity contribution in [3.05, 3.63) is 76.1 Å². The maximum absolute atomic E-state index is 15.1. The molecule has 1 saturated heterocycles. The minimum atomic E-state index is -5.10. The molecule has 2 fully saturated rings. The Balaban J connectivity index is 1.35. The molecule has 1 aliphatic carbocycles. The molecule has 3 aromatic carbocycles. The molecule has 44 heavy (non-hydrogen) atoms. The molecule has 2 atom stereocenters. The Morgan fingerprint density at radius 1 is 0.773 bits per heavy atom. The van der Waals surface area contributed by atoms with E-state index in [0.29, 0.717) is 49.3 Å². The van der Waals surface area contributed by atoms with Crippen LogP contribution >= 0.6 is 0 Å². The smallest absolute Gasteiger partial charge is 0.429 e. The summed E-state index contributed by atoms with van der Waals surface area (Å²) in [7, 11) is 0. The van der Waals surface area contributed by atoms with Crippen LogP contribution in [-0.2, 0) is 10.8 Å². The van der Waals surface area contributed by atoms with Gasteiger partial charge >= 0.3 is 12.3 Å². The number of fused-ring (bicyclic) bond motifs is 1. The van der Waals surface area contributed by atoms with E-state index in [1.807, 2.05) is 0 Å². The fraction of sp³-hybridized carbons (Fsp3) is 0.438. The third-order valence-electron chi connectivity index (χ3n) is 8.29. The van der Waals surface area contributed by atoms with Crippen LogP contribution < -0.4 is 4.74 Å². The summed E-state index contributed by atoms with van der Waals surface area (Å²) in [5.41, 5.74) is -2.92. The lowest BCUT2D eigenvalue weighted by molar-refractivity contribution is -0.189. The molecule has 2 nitrogen and oxygen atoms in total. The number of hydrogen-bond donors (Lipinski definition) is 0. The Bertz CT molecular complexity index is 1580. The standard InChI is InChI=1S/C32H26F10O2/c1-16-2-7-27(43-15-16)18-5-3-17(4-6-18)19-11-25(35)29(26(36)12-19)32(41,42)44-21-10-20-13-23(33)22(8-9-31(38,39)40)30(37)28(20)24(34)14-21/h10-14,16-18,27H,2-7,15H2,1H3. The third kappa shape index (κ3) is 6.77. The molecule has 236 valence electrons. The van der Waals surface area contributed by atoms with Gasteiger partial charge in [-0.15, -0.1) is 0 Å². The second kappa shape index (κ2) is 12.1. The molecule has 1 heterocycles. The van der Waals surface area contributed by atoms with Gasteiger partial charge in [-0.05, 0) is 91.5 Å². The van der Waals surface area contributed by atoms with Gasteiger partial charge in [0.1, 0.15) is 34.6 Å². The van der Waals surface area contributed by atoms with Crippen LogP contribution in [0.4, 0.5) is 43.9 Å². The van der Waals surface area contributed by atoms with E-state index >= 15 is 17.6 Å². The first-order chi connectivity index (χ1) is 20.6. The van der Waals surface area contributed by atoms with E-state index in [0.717, 1.165) is 37.8 Å². The minimum absolute atomic E-state index is 0.136. The fourth-order valence-corrected chi connectivity index (χ4v) is 6.10. The summed E-state index contributed by atoms with van der Waals surface area (Å²) in [6.07, 6.45) is -4.91. The molecule has 0 N–H and O–H groups in total. The summed E-state index contributed by atoms with van der Waals surface area (Å²) < 4.78 is 151. The van der Waals surface area contributed by atoms with Crippen molar-refractivity contribution >= 4 is 10.8 Å². The molecule has 0 radical (unpaired) electrons. The molecule has 0 bridgehead atoms. The first-order valence-electron chi connectivity index (χ1n) is 14.0. The Kier molecular flexibility index (Phi) is 8.82. The van der Waals surface area contributed by atoms with Gasteiger partial charge < -0.3 is 9.47 Å². The molecule has 0 spiro atoms. The zero-order valence-corrected chi connectivity index (χ0v) is 23.2. The summed E-state index contributed by atoms with van der Waals surface area (Å²) in [6, 6.07) is 2.79. The van der Waals surface area contributed by atoms with E-state index in [2.05, 4.69) is 11.7 Å². The van der Waals surface area contributed by atoms with Crippen LogP contribution in [-0.4, -0.2) is 18.9 Å². The van der Waals surface area contributed by atoms with E-state index in [4.69, 9.17) is 4.74 Å². The quantitative estimate of drug-likeness (QED) is 0.206. The number of rotatable bonds is 5. The zero-order chi connectivity index (χ0) is 32.0. The molecule has 0 aromatic heterocycles. The first-order valence-corrected chi connectivity index (χ1v) is 14.0. The van der Waals surface area contributed by atoms with Crippen molar-refractivity contribution < 1.29 is 53.4 Å². The van der Waals surface area contributed by atoms with Crippen LogP contribution in [0.15, 0.2) is 30.3 Å². The van der Waals surface area contributed by atoms with Crippen molar-refractivity contribution in [2.45, 2.75) is 69.8 Å². The topological polar surface area (TPSA) is 18.5 Å². The van der Waals surface area contributed by atoms with Gasteiger partial charge in [0.2, 0.25) is 0 Å². The number of halogens is 10. The Morgan fingerprint density at radius 3 is 2.02 bits per heavy atom. The number of benzene rings is 3. The molecular formula is C32H26F10O2. The molecule has 0 amide bonds. The largest absolute Gasteiger partial charge is 0.458 e. The van der Waals surface area contributed by atoms with E-state index in [1.54, 1.807) is 0 Å². The lowest BCUT2D eigenvalue weighted by atomic mass is 9.75. The van der Waals surface area contributed by atoms with Gasteiger partial charge in [0.15, 0.2) is 5.82 Å². The summed E-state index contributed by atoms with van der Waals surface area (Å²) in [6.45, 7) is 2.82. The highest BCUT2D eigenvalue weighted by molar-refractivity contribution is 5.87. The van der Waals surface area contributed by atoms with Gasteiger partial charge in [-0.3, -0.25) is 0 Å². The van der Waals surface area contributed by atoms with Gasteiger partial charge in [0.25, 0.3) is 0 Å². The molecule has 1 aliphatic heterocycles. The van der Waals surface area contributed by atoms with Crippen molar-refractivity contribution in [1.82, 2.24) is 0 Å². The lowest BCUT2D eigenvalue weighted by Crippen LogP contribution is -2.33. The Hall–Kier alpha value is -3.46. The van der Waals surface area contributed by atoms with Gasteiger partial charge in [0.05, 0.1) is 17.1 Å². The van der Waals surface area contributed by atoms with Crippen molar-refractivity contribution in [3.63, 3.8) is 0 Å². The van der Waals surface area contributed by atoms with Crippen molar-refractivity contribution in [2.75, 3.05) is 6.61 Å². The van der Waals surface area contributed by atoms with Gasteiger partial charge in [-0.1, -0.05) is 12.8 Å². The highest BCUT2D eigenvalue weighted by Crippen LogP contribution is 2.43. The zero-order valence-electron chi connectivity index (χ0n) is 23.2. The van der Waals surface area contributed by atoms with E-state index < -0.39 is 69.0 Å². The van der Waals surface area contributed by atoms with Crippen molar-refractivity contribution in [2.24, 2.45) is 11.8 Å². The maximum atomic E-state index is 15.1. The lowest BCUT2D eigenvalue weighted by Gasteiger charge is -2.37. The highest BCUT2D eigenvalue weighted by atomic mass is 19.4. The second-order valence-electron chi connectivity index (χ2n) is 11.4. The van der Waals surface area contributed by atoms with Gasteiger partial charge in [0, 0.05) is 18.6 Å². The van der Waals surface area contributed by atoms with Crippen molar-refractivity contribution in [1.29, 1.82) is 0 Å². The molecular weight excluding hydrogens is 606 g/mol. The van der Waals surface area contributed by atoms with Gasteiger partial charge in [-0.2, -0.15) is 22.0 Å². The van der Waals surface area contributed by atoms with Crippen LogP contribution in [0.5, 0.6) is 5.75 Å². The summed E-state index contributed by atoms with van der Waals surface area (Å²) in [5, 5.41) is -1.75. The number of alkyl halides is 5. The predicted molar refractivity (Wildman–Crippen MR) is 140 cm³/mol. The van der Waals surface area contributed by atoms with E-state index in [9.17, 15) is 26.3 Å². The highest BCUT2D eigenvalue weighted by Gasteiger charge is 2.42. The van der Waals surface area contributed by atoms with Crippen LogP contribution in [0.1, 0.15) is 68.1 Å². The molecule has 12 heteroatoms. The maximum Gasteiger partial charge on any atom is 0.458 e. The minimum Gasteiger partial charge on any atom is -0.429 e. The third-order valence-corrected chi connectivity index (χ3v) is 8.29. The average Bonchev–Trinajstić information content (AvgIpc) is 2.91. The van der Waals surface area contributed by atoms with Crippen LogP contribution in [0.3, 0.4) is 0 Å². The van der Waals surface area contributed by atoms with Crippen LogP contribution in [0, 0.1) is 52.8 Å². The van der Waals surface area contributed by atoms with E-state index in [-0.39, 0.29) is 23.7 Å². The summed E-state index contributed by atoms with van der Waals surface area (Å²) in [5.74, 6) is -6.80. The SMILES string of the molecule is CC1CCC(C2CCC(c3cc(F)c(C(F)(F)Oc4cc(F)c5c(F)c(C#CC(F)(F)F)c(F)cc5c4)c(F)c3)CC2)OC1. The Morgan fingerprint density at radius 2 is 1.43 bits per heavy atom. The second-order valence-corrected chi connectivity index (χ2v) is 11.4. The van der Waals surface area contributed by atoms with Crippen LogP contribution in [0.2, 0.25) is 0 Å². The number of ether oxygens (including phenoxy) is 2. The molecule has 1 saturated carbocycles. The molecule has 2 unspecified atom stereocenters. The Labute approximate surface area is 246 Å². The molecule has 5 rings (SSSR count). The fourth-order valence-electron chi connectivity index (χ4n) is 6.10. The summed E-state index contributed by atoms with van der Waals surface area (Å²) >= 11 is 0. The number of hydrogen-bond acceptors (Lipinski definition) is 2. The van der Waals surface area contributed by atoms with Crippen molar-refractivity contribution in [3.8, 4) is 17.6 Å². The monoisotopic (exact) mass is 632 g/mol. The molecule has 3 aromatic rings. The first kappa shape index (κ1) is 31.9. The van der Waals surface area contributed by atoms with Crippen LogP contribution in [0.25, 0.3) is 10.8 Å². The normalized spacial score (nSPS) is 22.9. The molecule has 2 aliphatic rings.